The summed E-state index contributed by atoms with van der Waals surface area (Å²) < 4.78 is 9.24. The first kappa shape index (κ1) is 14.1. The fourth-order valence-corrected chi connectivity index (χ4v) is 1.65. The molecule has 0 spiro atoms. The molecule has 0 radical (unpaired) electrons. The monoisotopic (exact) mass is 272 g/mol. The van der Waals surface area contributed by atoms with E-state index in [2.05, 4.69) is 15.0 Å². The number of aromatic nitrogens is 1. The molecule has 0 aromatic carbocycles. The number of amides is 1. The maximum Gasteiger partial charge on any atom is 0.397 e. The normalized spacial score (nSPS) is 9.67. The average Bonchev–Trinajstić information content (AvgIpc) is 2.78. The topological polar surface area (TPSA) is 94.6 Å². The molecule has 0 aliphatic heterocycles. The maximum atomic E-state index is 11.3. The molecule has 0 atom stereocenters. The lowest BCUT2D eigenvalue weighted by molar-refractivity contribution is -0.152. The van der Waals surface area contributed by atoms with Gasteiger partial charge in [0.1, 0.15) is 0 Å². The molecule has 0 bridgehead atoms. The van der Waals surface area contributed by atoms with Gasteiger partial charge in [0.15, 0.2) is 10.8 Å². The highest BCUT2D eigenvalue weighted by Gasteiger charge is 2.18. The molecule has 0 aliphatic carbocycles. The van der Waals surface area contributed by atoms with Gasteiger partial charge < -0.3 is 9.47 Å². The molecule has 1 rings (SSSR count). The minimum atomic E-state index is -0.995. The van der Waals surface area contributed by atoms with Gasteiger partial charge in [-0.3, -0.25) is 10.1 Å². The Bertz CT molecular complexity index is 457. The Morgan fingerprint density at radius 1 is 1.28 bits per heavy atom. The highest BCUT2D eigenvalue weighted by atomic mass is 32.1. The van der Waals surface area contributed by atoms with Crippen LogP contribution >= 0.6 is 11.3 Å². The minimum Gasteiger partial charge on any atom is -0.461 e. The van der Waals surface area contributed by atoms with Crippen molar-refractivity contribution in [2.75, 3.05) is 18.5 Å². The van der Waals surface area contributed by atoms with Crippen LogP contribution in [-0.4, -0.2) is 36.0 Å². The summed E-state index contributed by atoms with van der Waals surface area (Å²) in [6.07, 6.45) is 0. The van der Waals surface area contributed by atoms with E-state index >= 15 is 0 Å². The van der Waals surface area contributed by atoms with Crippen molar-refractivity contribution in [1.82, 2.24) is 4.98 Å². The average molecular weight is 272 g/mol. The van der Waals surface area contributed by atoms with Crippen LogP contribution in [0.5, 0.6) is 0 Å². The van der Waals surface area contributed by atoms with Gasteiger partial charge in [-0.1, -0.05) is 0 Å². The Labute approximate surface area is 107 Å². The largest absolute Gasteiger partial charge is 0.461 e. The smallest absolute Gasteiger partial charge is 0.397 e. The van der Waals surface area contributed by atoms with Crippen LogP contribution in [0.2, 0.25) is 0 Å². The third kappa shape index (κ3) is 3.81. The summed E-state index contributed by atoms with van der Waals surface area (Å²) in [5.41, 5.74) is 0.0843. The number of hydrogen-bond acceptors (Lipinski definition) is 7. The van der Waals surface area contributed by atoms with Crippen LogP contribution in [0.3, 0.4) is 0 Å². The van der Waals surface area contributed by atoms with Crippen molar-refractivity contribution in [1.29, 1.82) is 0 Å². The van der Waals surface area contributed by atoms with E-state index in [1.807, 2.05) is 0 Å². The summed E-state index contributed by atoms with van der Waals surface area (Å²) in [6, 6.07) is 0. The minimum absolute atomic E-state index is 0.0843. The number of carbonyl (C=O) groups is 3. The first-order valence-electron chi connectivity index (χ1n) is 5.19. The molecular formula is C10H12N2O5S. The Kier molecular flexibility index (Phi) is 5.25. The van der Waals surface area contributed by atoms with Crippen LogP contribution < -0.4 is 5.32 Å². The molecule has 0 unspecified atom stereocenters. The molecule has 1 aromatic rings. The van der Waals surface area contributed by atoms with Crippen LogP contribution in [0.15, 0.2) is 5.38 Å². The van der Waals surface area contributed by atoms with Crippen LogP contribution in [0.1, 0.15) is 24.3 Å². The van der Waals surface area contributed by atoms with Gasteiger partial charge in [0.25, 0.3) is 0 Å². The number of anilines is 1. The summed E-state index contributed by atoms with van der Waals surface area (Å²) in [5.74, 6) is -2.50. The highest BCUT2D eigenvalue weighted by Crippen LogP contribution is 2.16. The molecule has 0 aliphatic rings. The molecule has 0 saturated carbocycles. The zero-order chi connectivity index (χ0) is 13.5. The molecule has 98 valence electrons. The van der Waals surface area contributed by atoms with Gasteiger partial charge in [0.05, 0.1) is 13.2 Å². The summed E-state index contributed by atoms with van der Waals surface area (Å²) in [4.78, 5) is 37.4. The zero-order valence-corrected chi connectivity index (χ0v) is 10.7. The number of nitrogens with zero attached hydrogens (tertiary/aromatic N) is 1. The molecule has 18 heavy (non-hydrogen) atoms. The van der Waals surface area contributed by atoms with Gasteiger partial charge in [-0.05, 0) is 13.8 Å². The quantitative estimate of drug-likeness (QED) is 0.644. The van der Waals surface area contributed by atoms with E-state index < -0.39 is 17.8 Å². The van der Waals surface area contributed by atoms with Crippen molar-refractivity contribution >= 4 is 34.3 Å². The van der Waals surface area contributed by atoms with Crippen LogP contribution in [0.25, 0.3) is 0 Å². The van der Waals surface area contributed by atoms with E-state index in [0.29, 0.717) is 0 Å². The van der Waals surface area contributed by atoms with Crippen molar-refractivity contribution in [2.24, 2.45) is 0 Å². The molecule has 1 N–H and O–H groups in total. The standard InChI is InChI=1S/C10H12N2O5S/c1-3-16-8(14)6-5-18-10(11-6)12-7(13)9(15)17-4-2/h5H,3-4H2,1-2H3,(H,11,12,13). The van der Waals surface area contributed by atoms with Crippen LogP contribution in [-0.2, 0) is 19.1 Å². The second kappa shape index (κ2) is 6.70. The number of hydrogen-bond donors (Lipinski definition) is 1. The van der Waals surface area contributed by atoms with Gasteiger partial charge >= 0.3 is 17.8 Å². The van der Waals surface area contributed by atoms with E-state index in [1.54, 1.807) is 13.8 Å². The molecule has 1 aromatic heterocycles. The van der Waals surface area contributed by atoms with Gasteiger partial charge in [0, 0.05) is 5.38 Å². The SMILES string of the molecule is CCOC(=O)C(=O)Nc1nc(C(=O)OCC)cs1. The lowest BCUT2D eigenvalue weighted by atomic mass is 10.5. The van der Waals surface area contributed by atoms with E-state index in [-0.39, 0.29) is 24.0 Å². The summed E-state index contributed by atoms with van der Waals surface area (Å²) in [5, 5.41) is 3.79. The number of esters is 2. The summed E-state index contributed by atoms with van der Waals surface area (Å²) >= 11 is 1.02. The zero-order valence-electron chi connectivity index (χ0n) is 9.89. The Hall–Kier alpha value is -1.96. The highest BCUT2D eigenvalue weighted by molar-refractivity contribution is 7.14. The molecular weight excluding hydrogens is 260 g/mol. The predicted octanol–water partition coefficient (Wildman–Crippen LogP) is 0.821. The van der Waals surface area contributed by atoms with Crippen molar-refractivity contribution in [3.8, 4) is 0 Å². The lowest BCUT2D eigenvalue weighted by Gasteiger charge is -2.00. The van der Waals surface area contributed by atoms with Crippen LogP contribution in [0, 0.1) is 0 Å². The predicted molar refractivity (Wildman–Crippen MR) is 63.3 cm³/mol. The maximum absolute atomic E-state index is 11.3. The first-order chi connectivity index (χ1) is 8.58. The molecule has 7 nitrogen and oxygen atoms in total. The van der Waals surface area contributed by atoms with Gasteiger partial charge in [-0.25, -0.2) is 14.6 Å². The number of rotatable bonds is 4. The molecule has 1 amide bonds. The Morgan fingerprint density at radius 3 is 2.56 bits per heavy atom. The fraction of sp³-hybridized carbons (Fsp3) is 0.400. The molecule has 0 fully saturated rings. The van der Waals surface area contributed by atoms with E-state index in [1.165, 1.54) is 5.38 Å². The third-order valence-corrected chi connectivity index (χ3v) is 2.43. The van der Waals surface area contributed by atoms with Gasteiger partial charge in [0.2, 0.25) is 0 Å². The van der Waals surface area contributed by atoms with E-state index in [4.69, 9.17) is 4.74 Å². The van der Waals surface area contributed by atoms with Crippen molar-refractivity contribution in [3.63, 3.8) is 0 Å². The lowest BCUT2D eigenvalue weighted by Crippen LogP contribution is -2.25. The number of nitrogens with one attached hydrogen (secondary N) is 1. The van der Waals surface area contributed by atoms with Gasteiger partial charge in [-0.2, -0.15) is 0 Å². The molecule has 1 heterocycles. The van der Waals surface area contributed by atoms with Gasteiger partial charge in [-0.15, -0.1) is 11.3 Å². The number of ether oxygens (including phenoxy) is 2. The first-order valence-corrected chi connectivity index (χ1v) is 6.07. The van der Waals surface area contributed by atoms with Crippen molar-refractivity contribution in [3.05, 3.63) is 11.1 Å². The Balaban J connectivity index is 2.61. The van der Waals surface area contributed by atoms with E-state index in [0.717, 1.165) is 11.3 Å². The van der Waals surface area contributed by atoms with Crippen molar-refractivity contribution in [2.45, 2.75) is 13.8 Å². The Morgan fingerprint density at radius 2 is 1.94 bits per heavy atom. The second-order valence-corrected chi connectivity index (χ2v) is 3.79. The summed E-state index contributed by atoms with van der Waals surface area (Å²) in [7, 11) is 0. The molecule has 0 saturated heterocycles. The second-order valence-electron chi connectivity index (χ2n) is 2.93. The fourth-order valence-electron chi connectivity index (χ4n) is 0.975. The van der Waals surface area contributed by atoms with Crippen LogP contribution in [0.4, 0.5) is 5.13 Å². The third-order valence-electron chi connectivity index (χ3n) is 1.67. The number of carbonyl (C=O) groups excluding carboxylic acids is 3. The van der Waals surface area contributed by atoms with Crippen molar-refractivity contribution < 1.29 is 23.9 Å². The van der Waals surface area contributed by atoms with E-state index in [9.17, 15) is 14.4 Å². The summed E-state index contributed by atoms with van der Waals surface area (Å²) in [6.45, 7) is 3.61. The number of thiazole rings is 1. The molecule has 8 heteroatoms.